The van der Waals surface area contributed by atoms with Crippen molar-refractivity contribution in [2.24, 2.45) is 5.73 Å². The molecule has 28 heavy (non-hydrogen) atoms. The Morgan fingerprint density at radius 2 is 2.00 bits per heavy atom. The maximum absolute atomic E-state index is 12.6. The molecule has 0 unspecified atom stereocenters. The molecule has 0 aliphatic heterocycles. The summed E-state index contributed by atoms with van der Waals surface area (Å²) in [5.41, 5.74) is 9.50. The van der Waals surface area contributed by atoms with Crippen molar-refractivity contribution in [1.29, 1.82) is 0 Å². The average molecular weight is 374 g/mol. The van der Waals surface area contributed by atoms with E-state index in [1.54, 1.807) is 19.5 Å². The first kappa shape index (κ1) is 18.2. The van der Waals surface area contributed by atoms with Gasteiger partial charge in [0.2, 0.25) is 5.69 Å². The fourth-order valence-electron chi connectivity index (χ4n) is 3.44. The summed E-state index contributed by atoms with van der Waals surface area (Å²) in [4.78, 5) is 4.31. The van der Waals surface area contributed by atoms with E-state index in [0.717, 1.165) is 38.0 Å². The second kappa shape index (κ2) is 7.80. The average Bonchev–Trinajstić information content (AvgIpc) is 3.14. The van der Waals surface area contributed by atoms with Crippen LogP contribution in [0.1, 0.15) is 17.0 Å². The van der Waals surface area contributed by atoms with Crippen LogP contribution in [-0.2, 0) is 24.4 Å². The SMILES string of the molecule is COCc1nccn1Cc1ccc(-c2cc3c(CN)cccc3c[n+]2[O-])cc1. The van der Waals surface area contributed by atoms with E-state index in [2.05, 4.69) is 9.55 Å². The zero-order valence-corrected chi connectivity index (χ0v) is 15.7. The molecule has 0 saturated heterocycles. The summed E-state index contributed by atoms with van der Waals surface area (Å²) < 4.78 is 8.15. The molecular weight excluding hydrogens is 352 g/mol. The van der Waals surface area contributed by atoms with E-state index in [1.165, 1.54) is 0 Å². The van der Waals surface area contributed by atoms with E-state index in [9.17, 15) is 5.21 Å². The molecule has 4 rings (SSSR count). The summed E-state index contributed by atoms with van der Waals surface area (Å²) >= 11 is 0. The molecular formula is C22H22N4O2. The Morgan fingerprint density at radius 1 is 1.18 bits per heavy atom. The summed E-state index contributed by atoms with van der Waals surface area (Å²) in [7, 11) is 1.66. The Kier molecular flexibility index (Phi) is 5.06. The summed E-state index contributed by atoms with van der Waals surface area (Å²) in [5.74, 6) is 0.882. The molecule has 2 aromatic heterocycles. The number of aromatic nitrogens is 3. The van der Waals surface area contributed by atoms with Crippen LogP contribution in [0, 0.1) is 5.21 Å². The minimum atomic E-state index is 0.438. The summed E-state index contributed by atoms with van der Waals surface area (Å²) in [6.45, 7) is 1.61. The Balaban J connectivity index is 1.65. The number of hydrogen-bond donors (Lipinski definition) is 1. The van der Waals surface area contributed by atoms with Crippen molar-refractivity contribution >= 4 is 10.8 Å². The molecule has 0 aliphatic rings. The molecule has 4 aromatic rings. The lowest BCUT2D eigenvalue weighted by Gasteiger charge is -2.10. The van der Waals surface area contributed by atoms with E-state index in [-0.39, 0.29) is 0 Å². The van der Waals surface area contributed by atoms with Crippen LogP contribution in [0.25, 0.3) is 22.0 Å². The van der Waals surface area contributed by atoms with E-state index in [4.69, 9.17) is 10.5 Å². The third kappa shape index (κ3) is 3.47. The molecule has 6 heteroatoms. The van der Waals surface area contributed by atoms with Gasteiger partial charge in [0.05, 0.1) is 0 Å². The van der Waals surface area contributed by atoms with E-state index < -0.39 is 0 Å². The lowest BCUT2D eigenvalue weighted by molar-refractivity contribution is -0.592. The van der Waals surface area contributed by atoms with Crippen LogP contribution in [0.3, 0.4) is 0 Å². The Morgan fingerprint density at radius 3 is 2.75 bits per heavy atom. The van der Waals surface area contributed by atoms with Gasteiger partial charge >= 0.3 is 0 Å². The predicted molar refractivity (Wildman–Crippen MR) is 108 cm³/mol. The predicted octanol–water partition coefficient (Wildman–Crippen LogP) is 2.99. The molecule has 0 saturated carbocycles. The Bertz CT molecular complexity index is 1100. The van der Waals surface area contributed by atoms with Crippen molar-refractivity contribution in [2.45, 2.75) is 19.7 Å². The van der Waals surface area contributed by atoms with E-state index in [1.807, 2.05) is 54.7 Å². The van der Waals surface area contributed by atoms with Crippen molar-refractivity contribution in [2.75, 3.05) is 7.11 Å². The van der Waals surface area contributed by atoms with Crippen molar-refractivity contribution in [3.8, 4) is 11.3 Å². The first-order chi connectivity index (χ1) is 13.7. The van der Waals surface area contributed by atoms with E-state index >= 15 is 0 Å². The number of fused-ring (bicyclic) bond motifs is 1. The van der Waals surface area contributed by atoms with Crippen LogP contribution in [0.5, 0.6) is 0 Å². The molecule has 6 nitrogen and oxygen atoms in total. The monoisotopic (exact) mass is 374 g/mol. The van der Waals surface area contributed by atoms with Gasteiger partial charge in [-0.15, -0.1) is 0 Å². The molecule has 2 aromatic carbocycles. The van der Waals surface area contributed by atoms with Crippen molar-refractivity contribution in [3.63, 3.8) is 0 Å². The lowest BCUT2D eigenvalue weighted by atomic mass is 10.0. The number of benzene rings is 2. The van der Waals surface area contributed by atoms with Crippen LogP contribution in [0.4, 0.5) is 0 Å². The largest absolute Gasteiger partial charge is 0.618 e. The van der Waals surface area contributed by atoms with Gasteiger partial charge < -0.3 is 20.2 Å². The number of methoxy groups -OCH3 is 1. The molecule has 0 radical (unpaired) electrons. The first-order valence-electron chi connectivity index (χ1n) is 9.12. The summed E-state index contributed by atoms with van der Waals surface area (Å²) in [6.07, 6.45) is 5.32. The van der Waals surface area contributed by atoms with Gasteiger partial charge in [0, 0.05) is 49.6 Å². The van der Waals surface area contributed by atoms with Crippen LogP contribution >= 0.6 is 0 Å². The van der Waals surface area contributed by atoms with Crippen LogP contribution < -0.4 is 10.5 Å². The number of ether oxygens (including phenoxy) is 1. The van der Waals surface area contributed by atoms with Crippen molar-refractivity contribution < 1.29 is 9.47 Å². The summed E-state index contributed by atoms with van der Waals surface area (Å²) in [6, 6.07) is 15.8. The number of imidazole rings is 1. The highest BCUT2D eigenvalue weighted by Crippen LogP contribution is 2.24. The topological polar surface area (TPSA) is 80.0 Å². The Hall–Kier alpha value is -3.22. The molecule has 0 fully saturated rings. The van der Waals surface area contributed by atoms with Crippen LogP contribution in [0.2, 0.25) is 0 Å². The normalized spacial score (nSPS) is 11.2. The molecule has 142 valence electrons. The van der Waals surface area contributed by atoms with Gasteiger partial charge in [0.1, 0.15) is 12.4 Å². The number of pyridine rings is 1. The van der Waals surface area contributed by atoms with Crippen LogP contribution in [-0.4, -0.2) is 16.7 Å². The number of nitrogens with zero attached hydrogens (tertiary/aromatic N) is 3. The first-order valence-corrected chi connectivity index (χ1v) is 9.12. The molecule has 0 spiro atoms. The van der Waals surface area contributed by atoms with Crippen LogP contribution in [0.15, 0.2) is 67.1 Å². The van der Waals surface area contributed by atoms with Gasteiger partial charge in [-0.05, 0) is 34.7 Å². The fourth-order valence-corrected chi connectivity index (χ4v) is 3.44. The maximum atomic E-state index is 12.6. The maximum Gasteiger partial charge on any atom is 0.224 e. The lowest BCUT2D eigenvalue weighted by Crippen LogP contribution is -2.28. The smallest absolute Gasteiger partial charge is 0.224 e. The fraction of sp³-hybridized carbons (Fsp3) is 0.182. The van der Waals surface area contributed by atoms with Gasteiger partial charge in [-0.1, -0.05) is 24.3 Å². The highest BCUT2D eigenvalue weighted by molar-refractivity contribution is 5.87. The molecule has 0 atom stereocenters. The molecule has 0 aliphatic carbocycles. The third-order valence-corrected chi connectivity index (χ3v) is 4.90. The van der Waals surface area contributed by atoms with E-state index in [0.29, 0.717) is 25.4 Å². The number of nitrogens with two attached hydrogens (primary N) is 1. The number of hydrogen-bond acceptors (Lipinski definition) is 4. The van der Waals surface area contributed by atoms with Gasteiger partial charge in [-0.25, -0.2) is 4.98 Å². The second-order valence-electron chi connectivity index (χ2n) is 6.71. The van der Waals surface area contributed by atoms with Gasteiger partial charge in [0.25, 0.3) is 0 Å². The second-order valence-corrected chi connectivity index (χ2v) is 6.71. The zero-order valence-electron chi connectivity index (χ0n) is 15.7. The number of rotatable bonds is 6. The van der Waals surface area contributed by atoms with Crippen molar-refractivity contribution in [3.05, 3.63) is 89.3 Å². The minimum absolute atomic E-state index is 0.438. The minimum Gasteiger partial charge on any atom is -0.618 e. The highest BCUT2D eigenvalue weighted by Gasteiger charge is 2.13. The molecule has 2 heterocycles. The molecule has 0 amide bonds. The van der Waals surface area contributed by atoms with Gasteiger partial charge in [-0.3, -0.25) is 0 Å². The standard InChI is InChI=1S/C22H22N4O2/c1-28-15-22-24-9-10-25(22)13-16-5-7-17(8-6-16)21-11-20-18(12-23)3-2-4-19(20)14-26(21)27/h2-11,14H,12-13,15,23H2,1H3. The summed E-state index contributed by atoms with van der Waals surface area (Å²) in [5, 5.41) is 14.5. The third-order valence-electron chi connectivity index (χ3n) is 4.90. The van der Waals surface area contributed by atoms with Gasteiger partial charge in [-0.2, -0.15) is 4.73 Å². The Labute approximate surface area is 163 Å². The van der Waals surface area contributed by atoms with Crippen molar-refractivity contribution in [1.82, 2.24) is 9.55 Å². The molecule has 0 bridgehead atoms. The molecule has 2 N–H and O–H groups in total. The highest BCUT2D eigenvalue weighted by atomic mass is 16.5. The van der Waals surface area contributed by atoms with Gasteiger partial charge in [0.15, 0.2) is 6.20 Å². The quantitative estimate of drug-likeness (QED) is 0.416. The zero-order chi connectivity index (χ0) is 19.5.